The molecule has 3 aromatic rings. The van der Waals surface area contributed by atoms with Crippen molar-refractivity contribution in [2.75, 3.05) is 5.32 Å². The summed E-state index contributed by atoms with van der Waals surface area (Å²) in [7, 11) is 0. The first-order valence-electron chi connectivity index (χ1n) is 7.84. The third kappa shape index (κ3) is 3.61. The number of carbonyl (C=O) groups excluding carboxylic acids is 2. The summed E-state index contributed by atoms with van der Waals surface area (Å²) in [4.78, 5) is 38.9. The number of pyridine rings is 1. The predicted molar refractivity (Wildman–Crippen MR) is 94.5 cm³/mol. The Morgan fingerprint density at radius 3 is 2.58 bits per heavy atom. The SMILES string of the molecule is C[C@H](OC(=O)c1cc(=O)[nH]c2ccccc12)C(=O)Nc1ccccc1F. The van der Waals surface area contributed by atoms with Gasteiger partial charge in [-0.25, -0.2) is 9.18 Å². The van der Waals surface area contributed by atoms with E-state index in [0.717, 1.165) is 6.07 Å². The van der Waals surface area contributed by atoms with Gasteiger partial charge in [-0.05, 0) is 25.1 Å². The first kappa shape index (κ1) is 17.3. The van der Waals surface area contributed by atoms with Crippen LogP contribution in [0.15, 0.2) is 59.4 Å². The second kappa shape index (κ2) is 7.18. The lowest BCUT2D eigenvalue weighted by atomic mass is 10.1. The Bertz CT molecular complexity index is 1040. The van der Waals surface area contributed by atoms with Crippen molar-refractivity contribution in [1.29, 1.82) is 0 Å². The molecule has 1 aromatic heterocycles. The number of ether oxygens (including phenoxy) is 1. The van der Waals surface area contributed by atoms with Gasteiger partial charge in [-0.1, -0.05) is 30.3 Å². The molecule has 3 rings (SSSR count). The number of rotatable bonds is 4. The number of esters is 1. The van der Waals surface area contributed by atoms with E-state index in [2.05, 4.69) is 10.3 Å². The third-order valence-corrected chi connectivity index (χ3v) is 3.76. The molecule has 2 aromatic carbocycles. The molecule has 0 saturated heterocycles. The first-order chi connectivity index (χ1) is 12.5. The molecule has 26 heavy (non-hydrogen) atoms. The highest BCUT2D eigenvalue weighted by Crippen LogP contribution is 2.17. The number of aromatic nitrogens is 1. The summed E-state index contributed by atoms with van der Waals surface area (Å²) in [5.41, 5.74) is 0.0615. The van der Waals surface area contributed by atoms with Crippen molar-refractivity contribution in [3.63, 3.8) is 0 Å². The molecule has 7 heteroatoms. The molecule has 0 aliphatic rings. The van der Waals surface area contributed by atoms with Gasteiger partial charge < -0.3 is 15.0 Å². The molecule has 1 atom stereocenters. The van der Waals surface area contributed by atoms with Gasteiger partial charge in [0.25, 0.3) is 5.91 Å². The Morgan fingerprint density at radius 2 is 1.81 bits per heavy atom. The first-order valence-corrected chi connectivity index (χ1v) is 7.84. The Labute approximate surface area is 147 Å². The van der Waals surface area contributed by atoms with E-state index in [1.165, 1.54) is 25.1 Å². The number of para-hydroxylation sites is 2. The molecule has 1 heterocycles. The number of carbonyl (C=O) groups is 2. The van der Waals surface area contributed by atoms with Crippen LogP contribution < -0.4 is 10.9 Å². The number of H-pyrrole nitrogens is 1. The topological polar surface area (TPSA) is 88.3 Å². The predicted octanol–water partition coefficient (Wildman–Crippen LogP) is 2.85. The zero-order valence-corrected chi connectivity index (χ0v) is 13.8. The number of aromatic amines is 1. The molecule has 0 bridgehead atoms. The average Bonchev–Trinajstić information content (AvgIpc) is 2.62. The lowest BCUT2D eigenvalue weighted by Crippen LogP contribution is -2.30. The molecule has 0 unspecified atom stereocenters. The summed E-state index contributed by atoms with van der Waals surface area (Å²) in [5.74, 6) is -2.10. The monoisotopic (exact) mass is 354 g/mol. The normalized spacial score (nSPS) is 11.8. The fourth-order valence-corrected chi connectivity index (χ4v) is 2.45. The zero-order valence-electron chi connectivity index (χ0n) is 13.8. The Hall–Kier alpha value is -3.48. The molecule has 2 N–H and O–H groups in total. The smallest absolute Gasteiger partial charge is 0.339 e. The van der Waals surface area contributed by atoms with Gasteiger partial charge in [-0.2, -0.15) is 0 Å². The van der Waals surface area contributed by atoms with Crippen LogP contribution in [0, 0.1) is 5.82 Å². The molecule has 0 saturated carbocycles. The van der Waals surface area contributed by atoms with Crippen LogP contribution >= 0.6 is 0 Å². The number of halogens is 1. The number of amides is 1. The molecular weight excluding hydrogens is 339 g/mol. The lowest BCUT2D eigenvalue weighted by Gasteiger charge is -2.14. The van der Waals surface area contributed by atoms with Crippen LogP contribution in [-0.2, 0) is 9.53 Å². The fourth-order valence-electron chi connectivity index (χ4n) is 2.45. The van der Waals surface area contributed by atoms with Crippen LogP contribution in [0.3, 0.4) is 0 Å². The van der Waals surface area contributed by atoms with Crippen LogP contribution in [0.5, 0.6) is 0 Å². The van der Waals surface area contributed by atoms with Crippen molar-refractivity contribution in [2.45, 2.75) is 13.0 Å². The number of hydrogen-bond donors (Lipinski definition) is 2. The minimum absolute atomic E-state index is 0.0120. The maximum absolute atomic E-state index is 13.6. The Balaban J connectivity index is 1.79. The van der Waals surface area contributed by atoms with Crippen LogP contribution in [0.1, 0.15) is 17.3 Å². The summed E-state index contributed by atoms with van der Waals surface area (Å²) < 4.78 is 18.7. The molecule has 0 radical (unpaired) electrons. The Kier molecular flexibility index (Phi) is 4.79. The molecule has 0 fully saturated rings. The Morgan fingerprint density at radius 1 is 1.12 bits per heavy atom. The molecular formula is C19H15FN2O4. The van der Waals surface area contributed by atoms with E-state index in [1.54, 1.807) is 30.3 Å². The van der Waals surface area contributed by atoms with E-state index in [1.807, 2.05) is 0 Å². The van der Waals surface area contributed by atoms with E-state index < -0.39 is 29.4 Å². The summed E-state index contributed by atoms with van der Waals surface area (Å²) in [6, 6.07) is 13.5. The second-order valence-electron chi connectivity index (χ2n) is 5.61. The molecule has 6 nitrogen and oxygen atoms in total. The number of hydrogen-bond acceptors (Lipinski definition) is 4. The van der Waals surface area contributed by atoms with Crippen molar-refractivity contribution in [2.24, 2.45) is 0 Å². The summed E-state index contributed by atoms with van der Waals surface area (Å²) in [6.45, 7) is 1.36. The molecule has 0 aliphatic heterocycles. The van der Waals surface area contributed by atoms with Gasteiger partial charge in [0, 0.05) is 17.0 Å². The lowest BCUT2D eigenvalue weighted by molar-refractivity contribution is -0.123. The van der Waals surface area contributed by atoms with E-state index in [9.17, 15) is 18.8 Å². The second-order valence-corrected chi connectivity index (χ2v) is 5.61. The van der Waals surface area contributed by atoms with Crippen LogP contribution in [0.25, 0.3) is 10.9 Å². The summed E-state index contributed by atoms with van der Waals surface area (Å²) in [5, 5.41) is 2.86. The van der Waals surface area contributed by atoms with Crippen molar-refractivity contribution >= 4 is 28.5 Å². The minimum atomic E-state index is -1.18. The fraction of sp³-hybridized carbons (Fsp3) is 0.105. The van der Waals surface area contributed by atoms with E-state index >= 15 is 0 Å². The largest absolute Gasteiger partial charge is 0.449 e. The number of anilines is 1. The highest BCUT2D eigenvalue weighted by Gasteiger charge is 2.21. The van der Waals surface area contributed by atoms with E-state index in [4.69, 9.17) is 4.74 Å². The van der Waals surface area contributed by atoms with Gasteiger partial charge in [-0.15, -0.1) is 0 Å². The van der Waals surface area contributed by atoms with Gasteiger partial charge >= 0.3 is 5.97 Å². The van der Waals surface area contributed by atoms with Crippen molar-refractivity contribution in [1.82, 2.24) is 4.98 Å². The third-order valence-electron chi connectivity index (χ3n) is 3.76. The average molecular weight is 354 g/mol. The number of benzene rings is 2. The highest BCUT2D eigenvalue weighted by atomic mass is 19.1. The molecule has 1 amide bonds. The molecule has 0 aliphatic carbocycles. The van der Waals surface area contributed by atoms with E-state index in [-0.39, 0.29) is 11.3 Å². The van der Waals surface area contributed by atoms with Gasteiger partial charge in [-0.3, -0.25) is 9.59 Å². The maximum atomic E-state index is 13.6. The van der Waals surface area contributed by atoms with Crippen LogP contribution in [-0.4, -0.2) is 23.0 Å². The van der Waals surface area contributed by atoms with Crippen molar-refractivity contribution < 1.29 is 18.7 Å². The summed E-state index contributed by atoms with van der Waals surface area (Å²) >= 11 is 0. The summed E-state index contributed by atoms with van der Waals surface area (Å²) in [6.07, 6.45) is -1.18. The van der Waals surface area contributed by atoms with Gasteiger partial charge in [0.2, 0.25) is 5.56 Å². The van der Waals surface area contributed by atoms with Crippen LogP contribution in [0.2, 0.25) is 0 Å². The highest BCUT2D eigenvalue weighted by molar-refractivity contribution is 6.04. The van der Waals surface area contributed by atoms with E-state index in [0.29, 0.717) is 10.9 Å². The number of nitrogens with one attached hydrogen (secondary N) is 2. The zero-order chi connectivity index (χ0) is 18.7. The molecule has 0 spiro atoms. The van der Waals surface area contributed by atoms with Gasteiger partial charge in [0.15, 0.2) is 6.10 Å². The van der Waals surface area contributed by atoms with Gasteiger partial charge in [0.05, 0.1) is 11.3 Å². The number of fused-ring (bicyclic) bond motifs is 1. The maximum Gasteiger partial charge on any atom is 0.339 e. The van der Waals surface area contributed by atoms with Crippen molar-refractivity contribution in [3.8, 4) is 0 Å². The van der Waals surface area contributed by atoms with Gasteiger partial charge in [0.1, 0.15) is 5.82 Å². The molecule has 132 valence electrons. The standard InChI is InChI=1S/C19H15FN2O4/c1-11(18(24)22-16-9-5-3-7-14(16)20)26-19(25)13-10-17(23)21-15-8-4-2-6-12(13)15/h2-11H,1H3,(H,21,23)(H,22,24)/t11-/m0/s1. The quantitative estimate of drug-likeness (QED) is 0.705. The van der Waals surface area contributed by atoms with Crippen LogP contribution in [0.4, 0.5) is 10.1 Å². The van der Waals surface area contributed by atoms with Crippen molar-refractivity contribution in [3.05, 3.63) is 76.3 Å². The minimum Gasteiger partial charge on any atom is -0.449 e.